The Labute approximate surface area is 132 Å². The number of para-hydroxylation sites is 1. The molecular weight excluding hydrogens is 363 g/mol. The van der Waals surface area contributed by atoms with Crippen molar-refractivity contribution in [2.45, 2.75) is 19.4 Å². The van der Waals surface area contributed by atoms with E-state index in [9.17, 15) is 0 Å². The Hall–Kier alpha value is -1.11. The summed E-state index contributed by atoms with van der Waals surface area (Å²) in [6.07, 6.45) is 0.978. The number of hydrogen-bond acceptors (Lipinski definition) is 3. The van der Waals surface area contributed by atoms with Crippen LogP contribution in [0.2, 0.25) is 0 Å². The van der Waals surface area contributed by atoms with Gasteiger partial charge in [0.1, 0.15) is 5.75 Å². The lowest BCUT2D eigenvalue weighted by molar-refractivity contribution is 0.350. The highest BCUT2D eigenvalue weighted by atomic mass is 127. The van der Waals surface area contributed by atoms with Gasteiger partial charge in [0.2, 0.25) is 0 Å². The Morgan fingerprint density at radius 2 is 1.95 bits per heavy atom. The molecule has 0 fully saturated rings. The van der Waals surface area contributed by atoms with E-state index in [4.69, 9.17) is 10.6 Å². The monoisotopic (exact) mass is 380 g/mol. The molecule has 2 aromatic carbocycles. The van der Waals surface area contributed by atoms with Crippen molar-refractivity contribution >= 4 is 22.6 Å². The van der Waals surface area contributed by atoms with Crippen LogP contribution in [0, 0.1) is 10.5 Å². The van der Waals surface area contributed by atoms with Crippen molar-refractivity contribution in [3.05, 3.63) is 62.2 Å². The molecular formula is C16H17IN2O. The van der Waals surface area contributed by atoms with Gasteiger partial charge in [0.25, 0.3) is 0 Å². The first-order valence-electron chi connectivity index (χ1n) is 6.68. The van der Waals surface area contributed by atoms with Gasteiger partial charge in [0.15, 0.2) is 0 Å². The number of benzene rings is 2. The first-order valence-corrected chi connectivity index (χ1v) is 7.76. The third-order valence-corrected chi connectivity index (χ3v) is 5.23. The molecule has 1 unspecified atom stereocenters. The average Bonchev–Trinajstić information content (AvgIpc) is 2.93. The Morgan fingerprint density at radius 3 is 2.75 bits per heavy atom. The second-order valence-electron chi connectivity index (χ2n) is 5.01. The molecule has 0 saturated heterocycles. The first kappa shape index (κ1) is 13.9. The van der Waals surface area contributed by atoms with Gasteiger partial charge in [-0.05, 0) is 46.2 Å². The molecule has 20 heavy (non-hydrogen) atoms. The minimum Gasteiger partial charge on any atom is -0.493 e. The standard InChI is InChI=1S/C16H17IN2O/c1-10-4-2-6-12(14(10)17)15(19-18)13-7-3-5-11-8-9-20-16(11)13/h2-7,15,19H,8-9,18H2,1H3. The summed E-state index contributed by atoms with van der Waals surface area (Å²) in [4.78, 5) is 0. The molecule has 104 valence electrons. The highest BCUT2D eigenvalue weighted by Gasteiger charge is 2.24. The molecule has 0 aliphatic carbocycles. The SMILES string of the molecule is Cc1cccc(C(NN)c2cccc3c2OCC3)c1I. The van der Waals surface area contributed by atoms with Crippen molar-refractivity contribution < 1.29 is 4.74 Å². The Kier molecular flexibility index (Phi) is 3.96. The molecule has 0 saturated carbocycles. The highest BCUT2D eigenvalue weighted by Crippen LogP contribution is 2.37. The number of aryl methyl sites for hydroxylation is 1. The molecule has 2 aromatic rings. The van der Waals surface area contributed by atoms with Crippen molar-refractivity contribution in [2.24, 2.45) is 5.84 Å². The first-order chi connectivity index (χ1) is 9.72. The highest BCUT2D eigenvalue weighted by molar-refractivity contribution is 14.1. The van der Waals surface area contributed by atoms with Crippen LogP contribution in [0.25, 0.3) is 0 Å². The fourth-order valence-electron chi connectivity index (χ4n) is 2.71. The smallest absolute Gasteiger partial charge is 0.127 e. The van der Waals surface area contributed by atoms with Gasteiger partial charge in [-0.1, -0.05) is 36.4 Å². The van der Waals surface area contributed by atoms with Crippen LogP contribution in [0.1, 0.15) is 28.3 Å². The van der Waals surface area contributed by atoms with Crippen LogP contribution in [-0.4, -0.2) is 6.61 Å². The van der Waals surface area contributed by atoms with E-state index in [2.05, 4.69) is 71.3 Å². The number of ether oxygens (including phenoxy) is 1. The number of hydrazine groups is 1. The molecule has 0 spiro atoms. The molecule has 4 heteroatoms. The van der Waals surface area contributed by atoms with Crippen molar-refractivity contribution in [1.29, 1.82) is 0 Å². The zero-order valence-electron chi connectivity index (χ0n) is 11.3. The maximum absolute atomic E-state index is 5.84. The number of hydrogen-bond donors (Lipinski definition) is 2. The summed E-state index contributed by atoms with van der Waals surface area (Å²) in [7, 11) is 0. The van der Waals surface area contributed by atoms with Gasteiger partial charge in [0, 0.05) is 15.6 Å². The van der Waals surface area contributed by atoms with Crippen molar-refractivity contribution in [3.8, 4) is 5.75 Å². The van der Waals surface area contributed by atoms with Crippen molar-refractivity contribution in [3.63, 3.8) is 0 Å². The normalized spacial score (nSPS) is 14.8. The zero-order chi connectivity index (χ0) is 14.1. The number of rotatable bonds is 3. The number of fused-ring (bicyclic) bond motifs is 1. The molecule has 3 nitrogen and oxygen atoms in total. The summed E-state index contributed by atoms with van der Waals surface area (Å²) in [6.45, 7) is 2.87. The van der Waals surface area contributed by atoms with Crippen molar-refractivity contribution in [2.75, 3.05) is 6.61 Å². The lowest BCUT2D eigenvalue weighted by Gasteiger charge is -2.21. The third-order valence-electron chi connectivity index (χ3n) is 3.76. The van der Waals surface area contributed by atoms with E-state index in [-0.39, 0.29) is 6.04 Å². The third kappa shape index (κ3) is 2.32. The van der Waals surface area contributed by atoms with Gasteiger partial charge in [-0.3, -0.25) is 5.84 Å². The summed E-state index contributed by atoms with van der Waals surface area (Å²) >= 11 is 2.38. The van der Waals surface area contributed by atoms with Crippen LogP contribution in [0.15, 0.2) is 36.4 Å². The number of nitrogens with one attached hydrogen (secondary N) is 1. The second-order valence-corrected chi connectivity index (χ2v) is 6.09. The average molecular weight is 380 g/mol. The van der Waals surface area contributed by atoms with Crippen LogP contribution in [0.3, 0.4) is 0 Å². The van der Waals surface area contributed by atoms with Crippen LogP contribution < -0.4 is 16.0 Å². The molecule has 1 heterocycles. The zero-order valence-corrected chi connectivity index (χ0v) is 13.5. The molecule has 0 radical (unpaired) electrons. The quantitative estimate of drug-likeness (QED) is 0.489. The van der Waals surface area contributed by atoms with Crippen molar-refractivity contribution in [1.82, 2.24) is 5.43 Å². The predicted molar refractivity (Wildman–Crippen MR) is 88.7 cm³/mol. The van der Waals surface area contributed by atoms with E-state index < -0.39 is 0 Å². The molecule has 3 N–H and O–H groups in total. The molecule has 0 amide bonds. The van der Waals surface area contributed by atoms with Crippen LogP contribution in [0.4, 0.5) is 0 Å². The minimum atomic E-state index is -0.0464. The summed E-state index contributed by atoms with van der Waals surface area (Å²) in [5, 5.41) is 0. The van der Waals surface area contributed by atoms with Gasteiger partial charge in [0.05, 0.1) is 12.6 Å². The maximum atomic E-state index is 5.84. The van der Waals surface area contributed by atoms with E-state index in [0.29, 0.717) is 0 Å². The van der Waals surface area contributed by atoms with Gasteiger partial charge < -0.3 is 4.74 Å². The van der Waals surface area contributed by atoms with E-state index in [0.717, 1.165) is 24.3 Å². The minimum absolute atomic E-state index is 0.0464. The second kappa shape index (κ2) is 5.71. The Balaban J connectivity index is 2.11. The molecule has 0 bridgehead atoms. The summed E-state index contributed by atoms with van der Waals surface area (Å²) in [5.41, 5.74) is 7.79. The summed E-state index contributed by atoms with van der Waals surface area (Å²) in [6, 6.07) is 12.6. The molecule has 3 rings (SSSR count). The van der Waals surface area contributed by atoms with Gasteiger partial charge in [-0.2, -0.15) is 0 Å². The van der Waals surface area contributed by atoms with E-state index in [1.807, 2.05) is 0 Å². The Bertz CT molecular complexity index is 642. The van der Waals surface area contributed by atoms with E-state index >= 15 is 0 Å². The topological polar surface area (TPSA) is 47.3 Å². The fraction of sp³-hybridized carbons (Fsp3) is 0.250. The maximum Gasteiger partial charge on any atom is 0.127 e. The number of halogens is 1. The van der Waals surface area contributed by atoms with E-state index in [1.54, 1.807) is 0 Å². The molecule has 1 atom stereocenters. The lowest BCUT2D eigenvalue weighted by atomic mass is 9.95. The predicted octanol–water partition coefficient (Wildman–Crippen LogP) is 3.09. The molecule has 0 aromatic heterocycles. The Morgan fingerprint density at radius 1 is 1.20 bits per heavy atom. The van der Waals surface area contributed by atoms with Crippen LogP contribution in [0.5, 0.6) is 5.75 Å². The summed E-state index contributed by atoms with van der Waals surface area (Å²) < 4.78 is 7.05. The number of nitrogens with two attached hydrogens (primary N) is 1. The van der Waals surface area contributed by atoms with Crippen LogP contribution in [-0.2, 0) is 6.42 Å². The summed E-state index contributed by atoms with van der Waals surface area (Å²) in [5.74, 6) is 6.83. The van der Waals surface area contributed by atoms with Gasteiger partial charge >= 0.3 is 0 Å². The van der Waals surface area contributed by atoms with E-state index in [1.165, 1.54) is 20.3 Å². The van der Waals surface area contributed by atoms with Crippen LogP contribution >= 0.6 is 22.6 Å². The lowest BCUT2D eigenvalue weighted by Crippen LogP contribution is -2.29. The van der Waals surface area contributed by atoms with Gasteiger partial charge in [-0.25, -0.2) is 5.43 Å². The molecule has 1 aliphatic rings. The fourth-order valence-corrected chi connectivity index (χ4v) is 3.38. The molecule has 1 aliphatic heterocycles. The van der Waals surface area contributed by atoms with Gasteiger partial charge in [-0.15, -0.1) is 0 Å². The largest absolute Gasteiger partial charge is 0.493 e.